The molecule has 1 fully saturated rings. The average molecular weight is 781 g/mol. The van der Waals surface area contributed by atoms with Crippen molar-refractivity contribution in [3.05, 3.63) is 80.7 Å². The number of piperazine rings is 1. The topological polar surface area (TPSA) is 180 Å². The fourth-order valence-corrected chi connectivity index (χ4v) is 6.72. The first kappa shape index (κ1) is 37.1. The van der Waals surface area contributed by atoms with Gasteiger partial charge in [0.15, 0.2) is 23.9 Å². The molecule has 55 heavy (non-hydrogen) atoms. The summed E-state index contributed by atoms with van der Waals surface area (Å²) in [4.78, 5) is 70.9. The number of ether oxygens (including phenoxy) is 1. The second-order valence-electron chi connectivity index (χ2n) is 12.8. The third-order valence-corrected chi connectivity index (χ3v) is 9.74. The van der Waals surface area contributed by atoms with Crippen LogP contribution in [-0.2, 0) is 28.7 Å². The third-order valence-electron chi connectivity index (χ3n) is 9.43. The van der Waals surface area contributed by atoms with Crippen LogP contribution in [0.4, 0.5) is 30.2 Å². The molecule has 2 N–H and O–H groups in total. The van der Waals surface area contributed by atoms with Gasteiger partial charge in [-0.2, -0.15) is 22.7 Å². The summed E-state index contributed by atoms with van der Waals surface area (Å²) in [6.45, 7) is 3.44. The fourth-order valence-electron chi connectivity index (χ4n) is 6.50. The highest BCUT2D eigenvalue weighted by molar-refractivity contribution is 6.33. The van der Waals surface area contributed by atoms with Gasteiger partial charge in [0.25, 0.3) is 17.4 Å². The van der Waals surface area contributed by atoms with Crippen LogP contribution in [0.5, 0.6) is 11.5 Å². The quantitative estimate of drug-likeness (QED) is 0.247. The predicted octanol–water partition coefficient (Wildman–Crippen LogP) is 3.55. The van der Waals surface area contributed by atoms with E-state index in [2.05, 4.69) is 25.4 Å². The first-order valence-electron chi connectivity index (χ1n) is 16.9. The highest BCUT2D eigenvalue weighted by Gasteiger charge is 2.33. The molecule has 20 heteroatoms. The monoisotopic (exact) mass is 780 g/mol. The first-order valence-corrected chi connectivity index (χ1v) is 17.3. The van der Waals surface area contributed by atoms with Crippen LogP contribution in [0.15, 0.2) is 47.5 Å². The molecule has 5 heterocycles. The molecule has 2 aliphatic heterocycles. The Kier molecular flexibility index (Phi) is 9.58. The van der Waals surface area contributed by atoms with Gasteiger partial charge in [-0.3, -0.25) is 19.2 Å². The maximum Gasteiger partial charge on any atom is 0.416 e. The van der Waals surface area contributed by atoms with E-state index in [-0.39, 0.29) is 90.3 Å². The zero-order chi connectivity index (χ0) is 39.3. The zero-order valence-corrected chi connectivity index (χ0v) is 30.3. The number of benzene rings is 2. The van der Waals surface area contributed by atoms with Crippen LogP contribution in [0.1, 0.15) is 34.4 Å². The van der Waals surface area contributed by atoms with Crippen molar-refractivity contribution in [3.63, 3.8) is 0 Å². The Morgan fingerprint density at radius 3 is 2.49 bits per heavy atom. The molecule has 0 spiro atoms. The normalized spacial score (nSPS) is 14.6. The number of likely N-dealkylation sites (N-methyl/N-ethyl adjacent to an activating group) is 1. The Balaban J connectivity index is 1.27. The van der Waals surface area contributed by atoms with Gasteiger partial charge in [-0.05, 0) is 49.7 Å². The van der Waals surface area contributed by atoms with Crippen molar-refractivity contribution in [1.82, 2.24) is 34.0 Å². The number of hydrogen-bond donors (Lipinski definition) is 2. The largest absolute Gasteiger partial charge is 0.504 e. The predicted molar refractivity (Wildman–Crippen MR) is 193 cm³/mol. The van der Waals surface area contributed by atoms with E-state index in [1.165, 1.54) is 20.7 Å². The van der Waals surface area contributed by atoms with E-state index in [0.29, 0.717) is 28.8 Å². The molecule has 0 radical (unpaired) electrons. The van der Waals surface area contributed by atoms with E-state index >= 15 is 0 Å². The number of hydrogen-bond acceptors (Lipinski definition) is 11. The summed E-state index contributed by atoms with van der Waals surface area (Å²) in [5.74, 6) is -1.22. The van der Waals surface area contributed by atoms with Gasteiger partial charge < -0.3 is 34.4 Å². The Bertz CT molecular complexity index is 2440. The van der Waals surface area contributed by atoms with Crippen LogP contribution in [0.2, 0.25) is 5.02 Å². The van der Waals surface area contributed by atoms with E-state index in [0.717, 1.165) is 16.6 Å². The number of fused-ring (bicyclic) bond motifs is 2. The smallest absolute Gasteiger partial charge is 0.416 e. The number of carbonyl (C=O) groups excluding carboxylic acids is 3. The van der Waals surface area contributed by atoms with E-state index in [4.69, 9.17) is 16.3 Å². The Hall–Kier alpha value is -6.24. The number of nitrogens with one attached hydrogen (secondary N) is 1. The van der Waals surface area contributed by atoms with Crippen molar-refractivity contribution >= 4 is 52.2 Å². The number of aromatic nitrogens is 6. The second-order valence-corrected chi connectivity index (χ2v) is 13.2. The van der Waals surface area contributed by atoms with Crippen LogP contribution < -0.4 is 25.4 Å². The van der Waals surface area contributed by atoms with Crippen LogP contribution in [0, 0.1) is 6.92 Å². The lowest BCUT2D eigenvalue weighted by molar-refractivity contribution is -0.137. The summed E-state index contributed by atoms with van der Waals surface area (Å²) >= 11 is 6.14. The summed E-state index contributed by atoms with van der Waals surface area (Å²) in [5, 5.41) is 17.2. The number of aromatic hydroxyl groups is 1. The molecule has 2 aromatic carbocycles. The van der Waals surface area contributed by atoms with Gasteiger partial charge in [0.2, 0.25) is 11.7 Å². The van der Waals surface area contributed by atoms with Crippen molar-refractivity contribution in [2.24, 2.45) is 0 Å². The number of aryl methyl sites for hydroxylation is 1. The molecule has 16 nitrogen and oxygen atoms in total. The summed E-state index contributed by atoms with van der Waals surface area (Å²) in [6, 6.07) is 7.52. The summed E-state index contributed by atoms with van der Waals surface area (Å²) in [5.41, 5.74) is 0.0155. The molecule has 0 bridgehead atoms. The Morgan fingerprint density at radius 1 is 1.05 bits per heavy atom. The molecule has 3 aromatic heterocycles. The van der Waals surface area contributed by atoms with E-state index < -0.39 is 35.7 Å². The third kappa shape index (κ3) is 6.86. The highest BCUT2D eigenvalue weighted by atomic mass is 35.5. The first-order chi connectivity index (χ1) is 26.2. The van der Waals surface area contributed by atoms with Crippen LogP contribution >= 0.6 is 11.6 Å². The fraction of sp³-hybridized carbons (Fsp3) is 0.314. The van der Waals surface area contributed by atoms with Crippen molar-refractivity contribution in [3.8, 4) is 22.9 Å². The Labute approximate surface area is 314 Å². The molecule has 3 amide bonds. The van der Waals surface area contributed by atoms with Crippen LogP contribution in [0.3, 0.4) is 0 Å². The van der Waals surface area contributed by atoms with Crippen LogP contribution in [0.25, 0.3) is 17.2 Å². The highest BCUT2D eigenvalue weighted by Crippen LogP contribution is 2.36. The van der Waals surface area contributed by atoms with Gasteiger partial charge >= 0.3 is 6.18 Å². The summed E-state index contributed by atoms with van der Waals surface area (Å²) < 4.78 is 47.9. The van der Waals surface area contributed by atoms with Gasteiger partial charge in [0.05, 0.1) is 33.3 Å². The molecule has 286 valence electrons. The van der Waals surface area contributed by atoms with E-state index in [1.54, 1.807) is 44.0 Å². The molecule has 7 rings (SSSR count). The number of anilines is 3. The minimum atomic E-state index is -4.64. The summed E-state index contributed by atoms with van der Waals surface area (Å²) in [7, 11) is 1.60. The molecular weight excluding hydrogens is 749 g/mol. The lowest BCUT2D eigenvalue weighted by Crippen LogP contribution is -2.51. The number of alkyl halides is 3. The van der Waals surface area contributed by atoms with Crippen molar-refractivity contribution in [2.75, 3.05) is 55.0 Å². The molecule has 0 atom stereocenters. The lowest BCUT2D eigenvalue weighted by Gasteiger charge is -2.36. The standard InChI is InChI=1S/C35H32ClF3N10O6/c1-4-23-29(46-9-11-47(12-10-46)32(53)28-30(52)18(2)40-17-41-28)33(54)49-34(43-31(44-49)19-5-8-25-24(13-19)45(3)27(51)16-55-25)48(23)15-26(50)42-22-7-6-20(14-21(22)36)35(37,38)39/h5-8,13-14,17,52H,4,9-12,15-16H2,1-3H3,(H,42,50). The van der Waals surface area contributed by atoms with Crippen molar-refractivity contribution < 1.29 is 37.4 Å². The van der Waals surface area contributed by atoms with Gasteiger partial charge in [0, 0.05) is 38.8 Å². The molecule has 1 saturated heterocycles. The maximum atomic E-state index is 14.4. The van der Waals surface area contributed by atoms with Crippen molar-refractivity contribution in [1.29, 1.82) is 0 Å². The lowest BCUT2D eigenvalue weighted by atomic mass is 10.1. The van der Waals surface area contributed by atoms with E-state index in [9.17, 15) is 37.5 Å². The minimum absolute atomic E-state index is 0.00362. The number of nitrogens with zero attached hydrogens (tertiary/aromatic N) is 9. The second kappa shape index (κ2) is 14.2. The van der Waals surface area contributed by atoms with Gasteiger partial charge in [0.1, 0.15) is 24.3 Å². The molecule has 0 unspecified atom stereocenters. The number of halogens is 4. The molecule has 0 aliphatic carbocycles. The molecule has 5 aromatic rings. The average Bonchev–Trinajstić information content (AvgIpc) is 3.62. The zero-order valence-electron chi connectivity index (χ0n) is 29.5. The SMILES string of the molecule is CCc1c(N2CCN(C(=O)c3ncnc(C)c3O)CC2)c(=O)n2nc(-c3ccc4c(c3)N(C)C(=O)CO4)nc2n1CC(=O)Nc1ccc(C(F)(F)F)cc1Cl. The molecular formula is C35H32ClF3N10O6. The number of amides is 3. The van der Waals surface area contributed by atoms with E-state index in [1.807, 2.05) is 0 Å². The maximum absolute atomic E-state index is 14.4. The molecule has 0 saturated carbocycles. The number of rotatable bonds is 7. The van der Waals surface area contributed by atoms with Crippen molar-refractivity contribution in [2.45, 2.75) is 33.0 Å². The van der Waals surface area contributed by atoms with Gasteiger partial charge in [-0.15, -0.1) is 5.10 Å². The van der Waals surface area contributed by atoms with Crippen LogP contribution in [-0.4, -0.2) is 96.7 Å². The number of carbonyl (C=O) groups is 3. The minimum Gasteiger partial charge on any atom is -0.504 e. The Morgan fingerprint density at radius 2 is 1.80 bits per heavy atom. The van der Waals surface area contributed by atoms with Gasteiger partial charge in [-0.1, -0.05) is 18.5 Å². The summed E-state index contributed by atoms with van der Waals surface area (Å²) in [6.07, 6.45) is -3.22. The van der Waals surface area contributed by atoms with Gasteiger partial charge in [-0.25, -0.2) is 9.97 Å². The molecule has 2 aliphatic rings.